The highest BCUT2D eigenvalue weighted by Crippen LogP contribution is 2.16. The van der Waals surface area contributed by atoms with Crippen LogP contribution in [0.4, 0.5) is 0 Å². The van der Waals surface area contributed by atoms with Crippen LogP contribution in [0.3, 0.4) is 0 Å². The van der Waals surface area contributed by atoms with Crippen LogP contribution in [0.25, 0.3) is 5.65 Å². The van der Waals surface area contributed by atoms with Crippen molar-refractivity contribution in [2.45, 2.75) is 19.0 Å². The zero-order chi connectivity index (χ0) is 16.5. The number of nitrogens with one attached hydrogen (secondary N) is 2. The van der Waals surface area contributed by atoms with E-state index in [4.69, 9.17) is 0 Å². The maximum absolute atomic E-state index is 12.3. The SMILES string of the molecule is O=C(NCC1Cc2ccccc2CN1)c1nc2ccc(Br)cn2n1. The first-order valence-corrected chi connectivity index (χ1v) is 8.58. The summed E-state index contributed by atoms with van der Waals surface area (Å²) < 4.78 is 2.48. The van der Waals surface area contributed by atoms with E-state index < -0.39 is 0 Å². The van der Waals surface area contributed by atoms with Gasteiger partial charge in [0.1, 0.15) is 0 Å². The molecule has 1 unspecified atom stereocenters. The minimum Gasteiger partial charge on any atom is -0.348 e. The molecule has 1 aliphatic rings. The lowest BCUT2D eigenvalue weighted by Crippen LogP contribution is -2.44. The third-order valence-electron chi connectivity index (χ3n) is 4.17. The minimum absolute atomic E-state index is 0.185. The highest BCUT2D eigenvalue weighted by atomic mass is 79.9. The van der Waals surface area contributed by atoms with Crippen molar-refractivity contribution in [1.82, 2.24) is 25.2 Å². The van der Waals surface area contributed by atoms with Gasteiger partial charge in [-0.3, -0.25) is 4.79 Å². The molecule has 3 aromatic rings. The van der Waals surface area contributed by atoms with Gasteiger partial charge in [0.2, 0.25) is 5.82 Å². The third kappa shape index (κ3) is 3.05. The molecule has 24 heavy (non-hydrogen) atoms. The molecule has 0 radical (unpaired) electrons. The first-order chi connectivity index (χ1) is 11.7. The van der Waals surface area contributed by atoms with Crippen LogP contribution < -0.4 is 10.6 Å². The maximum Gasteiger partial charge on any atom is 0.291 e. The Bertz CT molecular complexity index is 907. The van der Waals surface area contributed by atoms with E-state index in [0.29, 0.717) is 12.2 Å². The molecule has 0 aliphatic carbocycles. The third-order valence-corrected chi connectivity index (χ3v) is 4.64. The van der Waals surface area contributed by atoms with Gasteiger partial charge in [-0.15, -0.1) is 5.10 Å². The van der Waals surface area contributed by atoms with Gasteiger partial charge < -0.3 is 10.6 Å². The second-order valence-corrected chi connectivity index (χ2v) is 6.76. The van der Waals surface area contributed by atoms with E-state index in [2.05, 4.69) is 60.9 Å². The van der Waals surface area contributed by atoms with Crippen LogP contribution >= 0.6 is 15.9 Å². The Balaban J connectivity index is 1.41. The Morgan fingerprint density at radius 1 is 1.29 bits per heavy atom. The predicted molar refractivity (Wildman–Crippen MR) is 93.8 cm³/mol. The molecule has 0 bridgehead atoms. The molecule has 0 spiro atoms. The maximum atomic E-state index is 12.3. The largest absolute Gasteiger partial charge is 0.348 e. The molecular weight excluding hydrogens is 370 g/mol. The lowest BCUT2D eigenvalue weighted by atomic mass is 9.96. The number of carbonyl (C=O) groups is 1. The van der Waals surface area contributed by atoms with Crippen molar-refractivity contribution in [3.63, 3.8) is 0 Å². The summed E-state index contributed by atoms with van der Waals surface area (Å²) in [5.41, 5.74) is 3.31. The van der Waals surface area contributed by atoms with Gasteiger partial charge in [0.05, 0.1) is 0 Å². The molecule has 122 valence electrons. The Morgan fingerprint density at radius 3 is 3.00 bits per heavy atom. The van der Waals surface area contributed by atoms with E-state index >= 15 is 0 Å². The molecule has 3 heterocycles. The average Bonchev–Trinajstić information content (AvgIpc) is 3.02. The Labute approximate surface area is 147 Å². The fourth-order valence-electron chi connectivity index (χ4n) is 2.91. The second kappa shape index (κ2) is 6.33. The molecule has 7 heteroatoms. The molecule has 6 nitrogen and oxygen atoms in total. The van der Waals surface area contributed by atoms with E-state index in [1.165, 1.54) is 11.1 Å². The van der Waals surface area contributed by atoms with E-state index in [-0.39, 0.29) is 17.8 Å². The van der Waals surface area contributed by atoms with E-state index in [0.717, 1.165) is 17.4 Å². The normalized spacial score (nSPS) is 16.8. The van der Waals surface area contributed by atoms with Crippen molar-refractivity contribution in [3.05, 3.63) is 64.0 Å². The summed E-state index contributed by atoms with van der Waals surface area (Å²) >= 11 is 3.38. The number of hydrogen-bond acceptors (Lipinski definition) is 4. The minimum atomic E-state index is -0.254. The second-order valence-electron chi connectivity index (χ2n) is 5.85. The standard InChI is InChI=1S/C17H16BrN5O/c18-13-5-6-15-21-16(22-23(15)10-13)17(24)20-9-14-7-11-3-1-2-4-12(11)8-19-14/h1-6,10,14,19H,7-9H2,(H,20,24). The van der Waals surface area contributed by atoms with Gasteiger partial charge in [-0.1, -0.05) is 24.3 Å². The lowest BCUT2D eigenvalue weighted by molar-refractivity contribution is 0.0938. The van der Waals surface area contributed by atoms with Gasteiger partial charge in [-0.2, -0.15) is 0 Å². The van der Waals surface area contributed by atoms with E-state index in [1.807, 2.05) is 12.1 Å². The number of aromatic nitrogens is 3. The van der Waals surface area contributed by atoms with Gasteiger partial charge in [0, 0.05) is 29.8 Å². The first kappa shape index (κ1) is 15.3. The molecule has 1 atom stereocenters. The number of rotatable bonds is 3. The van der Waals surface area contributed by atoms with Gasteiger partial charge in [0.15, 0.2) is 5.65 Å². The number of halogens is 1. The fourth-order valence-corrected chi connectivity index (χ4v) is 3.24. The first-order valence-electron chi connectivity index (χ1n) is 7.79. The van der Waals surface area contributed by atoms with Crippen LogP contribution in [0.15, 0.2) is 47.1 Å². The van der Waals surface area contributed by atoms with Crippen LogP contribution in [-0.2, 0) is 13.0 Å². The summed E-state index contributed by atoms with van der Waals surface area (Å²) in [6, 6.07) is 12.3. The van der Waals surface area contributed by atoms with Crippen LogP contribution in [0.5, 0.6) is 0 Å². The summed E-state index contributed by atoms with van der Waals surface area (Å²) in [4.78, 5) is 16.6. The zero-order valence-electron chi connectivity index (χ0n) is 12.9. The number of benzene rings is 1. The summed E-state index contributed by atoms with van der Waals surface area (Å²) in [7, 11) is 0. The van der Waals surface area contributed by atoms with E-state index in [1.54, 1.807) is 10.7 Å². The van der Waals surface area contributed by atoms with Crippen molar-refractivity contribution in [2.75, 3.05) is 6.54 Å². The zero-order valence-corrected chi connectivity index (χ0v) is 14.5. The van der Waals surface area contributed by atoms with Gasteiger partial charge in [-0.05, 0) is 45.6 Å². The molecule has 1 aromatic carbocycles. The highest BCUT2D eigenvalue weighted by Gasteiger charge is 2.19. The average molecular weight is 386 g/mol. The van der Waals surface area contributed by atoms with Crippen molar-refractivity contribution in [2.24, 2.45) is 0 Å². The van der Waals surface area contributed by atoms with Crippen molar-refractivity contribution >= 4 is 27.5 Å². The molecule has 1 amide bonds. The van der Waals surface area contributed by atoms with Gasteiger partial charge >= 0.3 is 0 Å². The molecule has 0 saturated carbocycles. The number of carbonyl (C=O) groups excluding carboxylic acids is 1. The molecule has 1 aliphatic heterocycles. The quantitative estimate of drug-likeness (QED) is 0.722. The fraction of sp³-hybridized carbons (Fsp3) is 0.235. The molecular formula is C17H16BrN5O. The smallest absolute Gasteiger partial charge is 0.291 e. The number of pyridine rings is 1. The summed E-state index contributed by atoms with van der Waals surface area (Å²) in [6.07, 6.45) is 2.68. The Hall–Kier alpha value is -2.25. The number of amides is 1. The summed E-state index contributed by atoms with van der Waals surface area (Å²) in [6.45, 7) is 1.38. The lowest BCUT2D eigenvalue weighted by Gasteiger charge is -2.26. The van der Waals surface area contributed by atoms with Gasteiger partial charge in [0.25, 0.3) is 5.91 Å². The molecule has 0 saturated heterocycles. The van der Waals surface area contributed by atoms with Crippen LogP contribution in [-0.4, -0.2) is 33.1 Å². The van der Waals surface area contributed by atoms with Gasteiger partial charge in [-0.25, -0.2) is 9.50 Å². The summed E-state index contributed by atoms with van der Waals surface area (Å²) in [5.74, 6) is -0.0696. The molecule has 2 aromatic heterocycles. The highest BCUT2D eigenvalue weighted by molar-refractivity contribution is 9.10. The Kier molecular flexibility index (Phi) is 4.03. The number of nitrogens with zero attached hydrogens (tertiary/aromatic N) is 3. The van der Waals surface area contributed by atoms with E-state index in [9.17, 15) is 4.79 Å². The predicted octanol–water partition coefficient (Wildman–Crippen LogP) is 1.94. The molecule has 2 N–H and O–H groups in total. The monoisotopic (exact) mass is 385 g/mol. The summed E-state index contributed by atoms with van der Waals surface area (Å²) in [5, 5.41) is 10.6. The number of fused-ring (bicyclic) bond motifs is 2. The Morgan fingerprint density at radius 2 is 2.12 bits per heavy atom. The molecule has 4 rings (SSSR count). The van der Waals surface area contributed by atoms with Crippen molar-refractivity contribution in [3.8, 4) is 0 Å². The van der Waals surface area contributed by atoms with Crippen molar-refractivity contribution in [1.29, 1.82) is 0 Å². The number of hydrogen-bond donors (Lipinski definition) is 2. The topological polar surface area (TPSA) is 71.3 Å². The van der Waals surface area contributed by atoms with Crippen LogP contribution in [0.1, 0.15) is 21.7 Å². The van der Waals surface area contributed by atoms with Crippen molar-refractivity contribution < 1.29 is 4.79 Å². The van der Waals surface area contributed by atoms with Crippen LogP contribution in [0.2, 0.25) is 0 Å². The van der Waals surface area contributed by atoms with Crippen LogP contribution in [0, 0.1) is 0 Å². The molecule has 0 fully saturated rings.